The van der Waals surface area contributed by atoms with Crippen molar-refractivity contribution < 1.29 is 4.42 Å². The zero-order valence-electron chi connectivity index (χ0n) is 10.7. The van der Waals surface area contributed by atoms with Gasteiger partial charge in [-0.15, -0.1) is 0 Å². The Labute approximate surface area is 108 Å². The average molecular weight is 241 g/mol. The summed E-state index contributed by atoms with van der Waals surface area (Å²) in [4.78, 5) is 0. The number of aryl methyl sites for hydroxylation is 1. The van der Waals surface area contributed by atoms with Gasteiger partial charge in [-0.3, -0.25) is 0 Å². The van der Waals surface area contributed by atoms with Crippen LogP contribution in [0.5, 0.6) is 0 Å². The van der Waals surface area contributed by atoms with E-state index >= 15 is 0 Å². The van der Waals surface area contributed by atoms with Gasteiger partial charge < -0.3 is 10.2 Å². The van der Waals surface area contributed by atoms with Crippen LogP contribution in [0.3, 0.4) is 0 Å². The van der Waals surface area contributed by atoms with E-state index in [9.17, 15) is 0 Å². The monoisotopic (exact) mass is 241 g/mol. The van der Waals surface area contributed by atoms with Crippen LogP contribution in [0.25, 0.3) is 0 Å². The molecule has 1 fully saturated rings. The molecule has 2 aromatic rings. The van der Waals surface area contributed by atoms with Crippen molar-refractivity contribution >= 4 is 0 Å². The molecule has 3 rings (SSSR count). The van der Waals surface area contributed by atoms with Gasteiger partial charge in [-0.05, 0) is 48.9 Å². The highest BCUT2D eigenvalue weighted by atomic mass is 16.3. The highest BCUT2D eigenvalue weighted by molar-refractivity contribution is 5.31. The molecular weight excluding hydrogens is 222 g/mol. The number of nitrogens with two attached hydrogens (primary N) is 1. The molecule has 0 spiro atoms. The minimum absolute atomic E-state index is 0.158. The fraction of sp³-hybridized carbons (Fsp3) is 0.375. The zero-order chi connectivity index (χ0) is 12.5. The van der Waals surface area contributed by atoms with E-state index in [0.29, 0.717) is 0 Å². The van der Waals surface area contributed by atoms with Crippen molar-refractivity contribution in [1.82, 2.24) is 0 Å². The maximum atomic E-state index is 6.21. The Kier molecular flexibility index (Phi) is 2.96. The SMILES string of the molecule is Cc1ccc(C(N)c2ccc(C3CCC3)cc2)o1. The van der Waals surface area contributed by atoms with E-state index in [-0.39, 0.29) is 6.04 Å². The molecule has 0 amide bonds. The van der Waals surface area contributed by atoms with E-state index in [1.165, 1.54) is 24.8 Å². The summed E-state index contributed by atoms with van der Waals surface area (Å²) in [5.41, 5.74) is 8.78. The second kappa shape index (κ2) is 4.62. The van der Waals surface area contributed by atoms with Crippen LogP contribution in [0.15, 0.2) is 40.8 Å². The maximum Gasteiger partial charge on any atom is 0.125 e. The lowest BCUT2D eigenvalue weighted by Crippen LogP contribution is -2.12. The Hall–Kier alpha value is -1.54. The molecule has 1 atom stereocenters. The molecule has 0 aliphatic heterocycles. The molecule has 1 aromatic carbocycles. The van der Waals surface area contributed by atoms with Crippen LogP contribution in [0.2, 0.25) is 0 Å². The molecule has 94 valence electrons. The van der Waals surface area contributed by atoms with Gasteiger partial charge in [0.25, 0.3) is 0 Å². The predicted octanol–water partition coefficient (Wildman–Crippen LogP) is 3.90. The molecule has 2 N–H and O–H groups in total. The van der Waals surface area contributed by atoms with Crippen LogP contribution in [0.4, 0.5) is 0 Å². The molecule has 0 bridgehead atoms. The summed E-state index contributed by atoms with van der Waals surface area (Å²) >= 11 is 0. The summed E-state index contributed by atoms with van der Waals surface area (Å²) in [6.07, 6.45) is 4.04. The molecule has 1 aromatic heterocycles. The van der Waals surface area contributed by atoms with Crippen molar-refractivity contribution in [2.45, 2.75) is 38.1 Å². The van der Waals surface area contributed by atoms with Crippen molar-refractivity contribution in [2.24, 2.45) is 5.73 Å². The Morgan fingerprint density at radius 3 is 2.33 bits per heavy atom. The van der Waals surface area contributed by atoms with Crippen LogP contribution in [-0.4, -0.2) is 0 Å². The number of rotatable bonds is 3. The molecule has 1 aliphatic carbocycles. The molecule has 0 radical (unpaired) electrons. The van der Waals surface area contributed by atoms with Crippen LogP contribution in [-0.2, 0) is 0 Å². The van der Waals surface area contributed by atoms with E-state index in [2.05, 4.69) is 24.3 Å². The molecule has 2 heteroatoms. The van der Waals surface area contributed by atoms with E-state index < -0.39 is 0 Å². The average Bonchev–Trinajstić information content (AvgIpc) is 2.74. The van der Waals surface area contributed by atoms with Gasteiger partial charge in [0.1, 0.15) is 11.5 Å². The van der Waals surface area contributed by atoms with Crippen LogP contribution in [0.1, 0.15) is 53.9 Å². The van der Waals surface area contributed by atoms with E-state index in [1.54, 1.807) is 0 Å². The first-order valence-electron chi connectivity index (χ1n) is 6.66. The lowest BCUT2D eigenvalue weighted by atomic mass is 9.80. The molecule has 1 heterocycles. The Morgan fingerprint density at radius 1 is 1.11 bits per heavy atom. The van der Waals surface area contributed by atoms with Crippen molar-refractivity contribution in [3.8, 4) is 0 Å². The van der Waals surface area contributed by atoms with Crippen molar-refractivity contribution in [3.63, 3.8) is 0 Å². The molecule has 1 aliphatic rings. The third kappa shape index (κ3) is 2.08. The van der Waals surface area contributed by atoms with Crippen molar-refractivity contribution in [1.29, 1.82) is 0 Å². The van der Waals surface area contributed by atoms with Gasteiger partial charge in [0.2, 0.25) is 0 Å². The highest BCUT2D eigenvalue weighted by Gasteiger charge is 2.20. The molecular formula is C16H19NO. The van der Waals surface area contributed by atoms with Gasteiger partial charge in [-0.1, -0.05) is 30.7 Å². The van der Waals surface area contributed by atoms with E-state index in [1.807, 2.05) is 19.1 Å². The first kappa shape index (κ1) is 11.5. The molecule has 1 unspecified atom stereocenters. The minimum Gasteiger partial charge on any atom is -0.464 e. The largest absolute Gasteiger partial charge is 0.464 e. The summed E-state index contributed by atoms with van der Waals surface area (Å²) in [5, 5.41) is 0. The normalized spacial score (nSPS) is 17.4. The van der Waals surface area contributed by atoms with Gasteiger partial charge in [-0.25, -0.2) is 0 Å². The third-order valence-corrected chi connectivity index (χ3v) is 3.94. The summed E-state index contributed by atoms with van der Waals surface area (Å²) in [7, 11) is 0. The third-order valence-electron chi connectivity index (χ3n) is 3.94. The summed E-state index contributed by atoms with van der Waals surface area (Å²) < 4.78 is 5.58. The fourth-order valence-electron chi connectivity index (χ4n) is 2.50. The standard InChI is InChI=1S/C16H19NO/c1-11-5-10-15(18-11)16(17)14-8-6-13(7-9-14)12-3-2-4-12/h5-10,12,16H,2-4,17H2,1H3. The fourth-order valence-corrected chi connectivity index (χ4v) is 2.50. The predicted molar refractivity (Wildman–Crippen MR) is 72.5 cm³/mol. The smallest absolute Gasteiger partial charge is 0.125 e. The van der Waals surface area contributed by atoms with Crippen molar-refractivity contribution in [2.75, 3.05) is 0 Å². The lowest BCUT2D eigenvalue weighted by molar-refractivity contribution is 0.419. The van der Waals surface area contributed by atoms with E-state index in [0.717, 1.165) is 23.0 Å². The maximum absolute atomic E-state index is 6.21. The second-order valence-electron chi connectivity index (χ2n) is 5.22. The quantitative estimate of drug-likeness (QED) is 0.885. The first-order valence-corrected chi connectivity index (χ1v) is 6.66. The Bertz CT molecular complexity index is 522. The topological polar surface area (TPSA) is 39.2 Å². The highest BCUT2D eigenvalue weighted by Crippen LogP contribution is 2.36. The molecule has 2 nitrogen and oxygen atoms in total. The summed E-state index contributed by atoms with van der Waals surface area (Å²) in [6.45, 7) is 1.94. The Morgan fingerprint density at radius 2 is 1.83 bits per heavy atom. The molecule has 18 heavy (non-hydrogen) atoms. The van der Waals surface area contributed by atoms with Crippen LogP contribution >= 0.6 is 0 Å². The van der Waals surface area contributed by atoms with Gasteiger partial charge >= 0.3 is 0 Å². The van der Waals surface area contributed by atoms with Crippen LogP contribution in [0, 0.1) is 6.92 Å². The molecule has 0 saturated heterocycles. The van der Waals surface area contributed by atoms with Crippen molar-refractivity contribution in [3.05, 3.63) is 59.0 Å². The first-order chi connectivity index (χ1) is 8.74. The lowest BCUT2D eigenvalue weighted by Gasteiger charge is -2.26. The zero-order valence-corrected chi connectivity index (χ0v) is 10.7. The number of hydrogen-bond acceptors (Lipinski definition) is 2. The van der Waals surface area contributed by atoms with Gasteiger partial charge in [-0.2, -0.15) is 0 Å². The summed E-state index contributed by atoms with van der Waals surface area (Å²) in [6, 6.07) is 12.5. The van der Waals surface area contributed by atoms with E-state index in [4.69, 9.17) is 10.2 Å². The Balaban J connectivity index is 1.79. The van der Waals surface area contributed by atoms with Gasteiger partial charge in [0.15, 0.2) is 0 Å². The minimum atomic E-state index is -0.158. The van der Waals surface area contributed by atoms with Gasteiger partial charge in [0.05, 0.1) is 6.04 Å². The van der Waals surface area contributed by atoms with Gasteiger partial charge in [0, 0.05) is 0 Å². The number of hydrogen-bond donors (Lipinski definition) is 1. The second-order valence-corrected chi connectivity index (χ2v) is 5.22. The summed E-state index contributed by atoms with van der Waals surface area (Å²) in [5.74, 6) is 2.52. The number of furan rings is 1. The van der Waals surface area contributed by atoms with Crippen LogP contribution < -0.4 is 5.73 Å². The molecule has 1 saturated carbocycles. The number of benzene rings is 1.